The Morgan fingerprint density at radius 1 is 1.32 bits per heavy atom. The topological polar surface area (TPSA) is 61.8 Å². The van der Waals surface area contributed by atoms with Gasteiger partial charge in [-0.1, -0.05) is 26.8 Å². The van der Waals surface area contributed by atoms with Gasteiger partial charge in [-0.05, 0) is 48.4 Å². The molecule has 2 aliphatic rings. The molecule has 5 nitrogen and oxygen atoms in total. The lowest BCUT2D eigenvalue weighted by atomic mass is 9.58. The maximum atomic E-state index is 12.2. The molecule has 0 saturated heterocycles. The molecule has 1 saturated carbocycles. The number of esters is 2. The van der Waals surface area contributed by atoms with Crippen LogP contribution in [0.3, 0.4) is 0 Å². The zero-order valence-corrected chi connectivity index (χ0v) is 17.5. The van der Waals surface area contributed by atoms with Gasteiger partial charge in [0.05, 0.1) is 12.7 Å². The first-order chi connectivity index (χ1) is 13.2. The fraction of sp³-hybridized carbons (Fsp3) is 0.565. The highest BCUT2D eigenvalue weighted by Crippen LogP contribution is 2.56. The normalized spacial score (nSPS) is 27.6. The molecule has 28 heavy (non-hydrogen) atoms. The Bertz CT molecular complexity index is 809. The highest BCUT2D eigenvalue weighted by molar-refractivity contribution is 5.90. The number of carbonyl (C=O) groups is 2. The summed E-state index contributed by atoms with van der Waals surface area (Å²) in [5, 5.41) is 0. The molecule has 0 N–H and O–H groups in total. The molecule has 0 amide bonds. The molecule has 1 spiro atoms. The van der Waals surface area contributed by atoms with E-state index in [0.717, 1.165) is 29.7 Å². The van der Waals surface area contributed by atoms with E-state index in [1.165, 1.54) is 14.0 Å². The van der Waals surface area contributed by atoms with Crippen LogP contribution in [0.15, 0.2) is 24.8 Å². The summed E-state index contributed by atoms with van der Waals surface area (Å²) in [7, 11) is 1.39. The third kappa shape index (κ3) is 3.11. The zero-order chi connectivity index (χ0) is 20.7. The standard InChI is InChI=1S/C23H30O5/c1-7-8-16-11-17(21(25)26-6)12-18-13-23(28-20(16)18)14(2)9-10-19(22(23,4)5)27-15(3)24/h7,11-12,14,19H,1,8-10,13H2,2-6H3/t14-,19+,23+/m1/s1. The SMILES string of the molecule is C=CCc1cc(C(=O)OC)cc2c1O[C@@]1(C2)[C@H](C)CC[C@H](OC(C)=O)C1(C)C. The second-order valence-electron chi connectivity index (χ2n) is 8.57. The molecule has 1 fully saturated rings. The number of rotatable bonds is 4. The van der Waals surface area contributed by atoms with Crippen molar-refractivity contribution in [1.82, 2.24) is 0 Å². The van der Waals surface area contributed by atoms with Gasteiger partial charge in [-0.15, -0.1) is 6.58 Å². The molecule has 1 aromatic rings. The van der Waals surface area contributed by atoms with Crippen molar-refractivity contribution >= 4 is 11.9 Å². The van der Waals surface area contributed by atoms with Gasteiger partial charge in [0.15, 0.2) is 0 Å². The molecule has 5 heteroatoms. The zero-order valence-electron chi connectivity index (χ0n) is 17.5. The Balaban J connectivity index is 2.07. The third-order valence-electron chi connectivity index (χ3n) is 6.63. The van der Waals surface area contributed by atoms with Gasteiger partial charge in [-0.3, -0.25) is 4.79 Å². The van der Waals surface area contributed by atoms with Crippen LogP contribution in [0.5, 0.6) is 5.75 Å². The summed E-state index contributed by atoms with van der Waals surface area (Å²) >= 11 is 0. The third-order valence-corrected chi connectivity index (χ3v) is 6.63. The lowest BCUT2D eigenvalue weighted by Crippen LogP contribution is -2.62. The van der Waals surface area contributed by atoms with Crippen molar-refractivity contribution in [3.05, 3.63) is 41.5 Å². The fourth-order valence-electron chi connectivity index (χ4n) is 5.00. The van der Waals surface area contributed by atoms with Gasteiger partial charge in [0.25, 0.3) is 0 Å². The van der Waals surface area contributed by atoms with Crippen molar-refractivity contribution in [2.45, 2.75) is 65.1 Å². The molecule has 1 aliphatic heterocycles. The van der Waals surface area contributed by atoms with Gasteiger partial charge >= 0.3 is 11.9 Å². The summed E-state index contributed by atoms with van der Waals surface area (Å²) < 4.78 is 17.3. The molecular formula is C23H30O5. The van der Waals surface area contributed by atoms with Crippen LogP contribution >= 0.6 is 0 Å². The van der Waals surface area contributed by atoms with Crippen molar-refractivity contribution in [2.75, 3.05) is 7.11 Å². The Hall–Kier alpha value is -2.30. The summed E-state index contributed by atoms with van der Waals surface area (Å²) in [6, 6.07) is 3.70. The van der Waals surface area contributed by atoms with E-state index in [0.29, 0.717) is 18.4 Å². The molecule has 0 unspecified atom stereocenters. The molecule has 152 valence electrons. The number of carbonyl (C=O) groups excluding carboxylic acids is 2. The maximum Gasteiger partial charge on any atom is 0.337 e. The van der Waals surface area contributed by atoms with E-state index in [2.05, 4.69) is 27.4 Å². The minimum absolute atomic E-state index is 0.210. The number of fused-ring (bicyclic) bond motifs is 1. The van der Waals surface area contributed by atoms with E-state index in [4.69, 9.17) is 14.2 Å². The van der Waals surface area contributed by atoms with Crippen LogP contribution < -0.4 is 4.74 Å². The van der Waals surface area contributed by atoms with E-state index in [1.807, 2.05) is 18.2 Å². The summed E-state index contributed by atoms with van der Waals surface area (Å²) in [6.45, 7) is 11.7. The van der Waals surface area contributed by atoms with Crippen molar-refractivity contribution < 1.29 is 23.8 Å². The molecule has 1 aromatic carbocycles. The number of methoxy groups -OCH3 is 1. The minimum Gasteiger partial charge on any atom is -0.485 e. The number of benzene rings is 1. The van der Waals surface area contributed by atoms with Crippen molar-refractivity contribution in [3.63, 3.8) is 0 Å². The molecule has 3 atom stereocenters. The van der Waals surface area contributed by atoms with E-state index in [9.17, 15) is 9.59 Å². The largest absolute Gasteiger partial charge is 0.485 e. The first-order valence-corrected chi connectivity index (χ1v) is 9.87. The predicted octanol–water partition coefficient (Wildman–Crippen LogP) is 4.26. The Labute approximate surface area is 167 Å². The molecule has 1 heterocycles. The van der Waals surface area contributed by atoms with Gasteiger partial charge in [0.2, 0.25) is 0 Å². The summed E-state index contributed by atoms with van der Waals surface area (Å²) in [5.74, 6) is 0.484. The molecule has 0 bridgehead atoms. The van der Waals surface area contributed by atoms with Crippen LogP contribution in [0.1, 0.15) is 62.0 Å². The quantitative estimate of drug-likeness (QED) is 0.571. The van der Waals surface area contributed by atoms with Crippen LogP contribution in [0.2, 0.25) is 0 Å². The van der Waals surface area contributed by atoms with Crippen LogP contribution in [-0.2, 0) is 27.1 Å². The number of hydrogen-bond donors (Lipinski definition) is 0. The summed E-state index contributed by atoms with van der Waals surface area (Å²) in [4.78, 5) is 23.8. The Morgan fingerprint density at radius 2 is 2.04 bits per heavy atom. The molecule has 1 aliphatic carbocycles. The van der Waals surface area contributed by atoms with Crippen molar-refractivity contribution in [3.8, 4) is 5.75 Å². The summed E-state index contributed by atoms with van der Waals surface area (Å²) in [6.07, 6.45) is 4.60. The Morgan fingerprint density at radius 3 is 2.64 bits per heavy atom. The Kier molecular flexibility index (Phi) is 5.30. The molecule has 3 rings (SSSR count). The number of hydrogen-bond acceptors (Lipinski definition) is 5. The van der Waals surface area contributed by atoms with Crippen LogP contribution in [-0.4, -0.2) is 30.8 Å². The molecule has 0 radical (unpaired) electrons. The average Bonchev–Trinajstić information content (AvgIpc) is 3.04. The molecule has 0 aromatic heterocycles. The van der Waals surface area contributed by atoms with Gasteiger partial charge < -0.3 is 14.2 Å². The second kappa shape index (κ2) is 7.26. The minimum atomic E-state index is -0.502. The smallest absolute Gasteiger partial charge is 0.337 e. The lowest BCUT2D eigenvalue weighted by Gasteiger charge is -2.54. The van der Waals surface area contributed by atoms with Gasteiger partial charge in [0.1, 0.15) is 17.5 Å². The van der Waals surface area contributed by atoms with E-state index in [1.54, 1.807) is 0 Å². The van der Waals surface area contributed by atoms with E-state index in [-0.39, 0.29) is 29.4 Å². The van der Waals surface area contributed by atoms with Gasteiger partial charge in [-0.2, -0.15) is 0 Å². The van der Waals surface area contributed by atoms with Crippen LogP contribution in [0.25, 0.3) is 0 Å². The second-order valence-corrected chi connectivity index (χ2v) is 8.57. The van der Waals surface area contributed by atoms with Crippen LogP contribution in [0, 0.1) is 11.3 Å². The molecular weight excluding hydrogens is 356 g/mol. The maximum absolute atomic E-state index is 12.2. The average molecular weight is 386 g/mol. The fourth-order valence-corrected chi connectivity index (χ4v) is 5.00. The van der Waals surface area contributed by atoms with Crippen molar-refractivity contribution in [2.24, 2.45) is 11.3 Å². The predicted molar refractivity (Wildman–Crippen MR) is 106 cm³/mol. The highest BCUT2D eigenvalue weighted by Gasteiger charge is 2.61. The lowest BCUT2D eigenvalue weighted by molar-refractivity contribution is -0.186. The van der Waals surface area contributed by atoms with E-state index >= 15 is 0 Å². The summed E-state index contributed by atoms with van der Waals surface area (Å²) in [5.41, 5.74) is 1.58. The number of allylic oxidation sites excluding steroid dienone is 1. The number of ether oxygens (including phenoxy) is 3. The highest BCUT2D eigenvalue weighted by atomic mass is 16.6. The van der Waals surface area contributed by atoms with E-state index < -0.39 is 5.60 Å². The van der Waals surface area contributed by atoms with Crippen molar-refractivity contribution in [1.29, 1.82) is 0 Å². The van der Waals surface area contributed by atoms with Gasteiger partial charge in [0, 0.05) is 18.8 Å². The first-order valence-electron chi connectivity index (χ1n) is 9.87. The monoisotopic (exact) mass is 386 g/mol. The van der Waals surface area contributed by atoms with Crippen LogP contribution in [0.4, 0.5) is 0 Å². The van der Waals surface area contributed by atoms with Gasteiger partial charge in [-0.25, -0.2) is 4.79 Å². The first kappa shape index (κ1) is 20.4.